The monoisotopic (exact) mass is 363 g/mol. The van der Waals surface area contributed by atoms with Crippen LogP contribution in [0.25, 0.3) is 0 Å². The lowest BCUT2D eigenvalue weighted by Crippen LogP contribution is -2.26. The number of nitrogens with zero attached hydrogens (tertiary/aromatic N) is 3. The van der Waals surface area contributed by atoms with Crippen molar-refractivity contribution < 1.29 is 14.2 Å². The summed E-state index contributed by atoms with van der Waals surface area (Å²) >= 11 is 0. The number of rotatable bonds is 5. The number of hydrogen-bond acceptors (Lipinski definition) is 6. The fraction of sp³-hybridized carbons (Fsp3) is 0.167. The van der Waals surface area contributed by atoms with E-state index in [-0.39, 0.29) is 23.4 Å². The van der Waals surface area contributed by atoms with Crippen LogP contribution < -0.4 is 16.3 Å². The number of halogens is 1. The maximum Gasteiger partial charge on any atom is 0.202 e. The molecule has 1 aliphatic carbocycles. The van der Waals surface area contributed by atoms with E-state index in [0.29, 0.717) is 24.2 Å². The van der Waals surface area contributed by atoms with Gasteiger partial charge in [0.1, 0.15) is 13.7 Å². The molecule has 0 saturated carbocycles. The first kappa shape index (κ1) is 17.2. The van der Waals surface area contributed by atoms with Gasteiger partial charge in [-0.25, -0.2) is 9.02 Å². The minimum atomic E-state index is -0.318. The lowest BCUT2D eigenvalue weighted by atomic mass is 9.83. The molecule has 9 heteroatoms. The second-order valence-electron chi connectivity index (χ2n) is 6.21. The molecule has 1 aromatic heterocycles. The van der Waals surface area contributed by atoms with E-state index in [9.17, 15) is 9.60 Å². The number of nitrogens with one attached hydrogen (secondary N) is 2. The van der Waals surface area contributed by atoms with Gasteiger partial charge in [0, 0.05) is 6.54 Å². The summed E-state index contributed by atoms with van der Waals surface area (Å²) in [6, 6.07) is 11.7. The molecule has 0 aliphatic heterocycles. The van der Waals surface area contributed by atoms with Gasteiger partial charge < -0.3 is 5.32 Å². The standard InChI is InChI=1S/C18H15BFN5O2/c19-12-4-1-10(2-5-12)9-21-17-16(24-27-25-17)18(23-26)22-15-7-11-3-6-13(20)8-14(11)15/h1-6,8,15,26H,7,9H2,(H,21,25)(H,22,23)/t15-/m0/s1. The summed E-state index contributed by atoms with van der Waals surface area (Å²) in [7, 11) is 5.67. The Bertz CT molecular complexity index is 990. The molecule has 27 heavy (non-hydrogen) atoms. The van der Waals surface area contributed by atoms with Crippen LogP contribution in [0.4, 0.5) is 10.2 Å². The van der Waals surface area contributed by atoms with Crippen molar-refractivity contribution in [2.75, 3.05) is 5.32 Å². The smallest absolute Gasteiger partial charge is 0.202 e. The molecule has 0 saturated heterocycles. The van der Waals surface area contributed by atoms with Crippen molar-refractivity contribution in [1.82, 2.24) is 15.8 Å². The topological polar surface area (TPSA) is 95.6 Å². The highest BCUT2D eigenvalue weighted by atomic mass is 19.1. The number of hydrogen-bond donors (Lipinski definition) is 3. The average molecular weight is 363 g/mol. The first-order valence-corrected chi connectivity index (χ1v) is 8.31. The fourth-order valence-electron chi connectivity index (χ4n) is 2.94. The van der Waals surface area contributed by atoms with Crippen molar-refractivity contribution in [2.24, 2.45) is 4.99 Å². The minimum Gasteiger partial charge on any atom is -0.361 e. The van der Waals surface area contributed by atoms with Gasteiger partial charge in [-0.15, -0.1) is 0 Å². The Balaban J connectivity index is 1.52. The zero-order valence-electron chi connectivity index (χ0n) is 14.2. The predicted octanol–water partition coefficient (Wildman–Crippen LogP) is 1.64. The van der Waals surface area contributed by atoms with Crippen molar-refractivity contribution in [3.05, 3.63) is 70.7 Å². The molecule has 2 aromatic carbocycles. The summed E-state index contributed by atoms with van der Waals surface area (Å²) in [5.41, 5.74) is 5.75. The highest BCUT2D eigenvalue weighted by Gasteiger charge is 2.28. The molecule has 1 aliphatic rings. The molecule has 134 valence electrons. The van der Waals surface area contributed by atoms with Gasteiger partial charge in [-0.3, -0.25) is 15.7 Å². The lowest BCUT2D eigenvalue weighted by Gasteiger charge is -2.27. The number of hydroxylamine groups is 1. The van der Waals surface area contributed by atoms with Crippen molar-refractivity contribution in [2.45, 2.75) is 19.0 Å². The van der Waals surface area contributed by atoms with Gasteiger partial charge in [-0.05, 0) is 45.6 Å². The summed E-state index contributed by atoms with van der Waals surface area (Å²) in [5, 5.41) is 20.2. The highest BCUT2D eigenvalue weighted by molar-refractivity contribution is 6.32. The molecule has 0 spiro atoms. The second kappa shape index (κ2) is 7.20. The van der Waals surface area contributed by atoms with Crippen LogP contribution in [0, 0.1) is 5.82 Å². The van der Waals surface area contributed by atoms with Crippen molar-refractivity contribution in [1.29, 1.82) is 0 Å². The van der Waals surface area contributed by atoms with Gasteiger partial charge in [0.2, 0.25) is 5.82 Å². The fourth-order valence-corrected chi connectivity index (χ4v) is 2.94. The van der Waals surface area contributed by atoms with Crippen molar-refractivity contribution in [3.8, 4) is 0 Å². The van der Waals surface area contributed by atoms with Gasteiger partial charge in [-0.1, -0.05) is 35.8 Å². The summed E-state index contributed by atoms with van der Waals surface area (Å²) < 4.78 is 18.2. The van der Waals surface area contributed by atoms with Gasteiger partial charge in [0.05, 0.1) is 6.04 Å². The van der Waals surface area contributed by atoms with Crippen LogP contribution in [-0.2, 0) is 13.0 Å². The van der Waals surface area contributed by atoms with E-state index in [1.54, 1.807) is 18.2 Å². The molecule has 0 fully saturated rings. The van der Waals surface area contributed by atoms with Gasteiger partial charge in [-0.2, -0.15) is 0 Å². The van der Waals surface area contributed by atoms with Crippen LogP contribution in [0.2, 0.25) is 0 Å². The summed E-state index contributed by atoms with van der Waals surface area (Å²) in [6.45, 7) is 0.456. The molecule has 4 rings (SSSR count). The Morgan fingerprint density at radius 1 is 1.26 bits per heavy atom. The SMILES string of the molecule is [B]c1ccc(CNc2nonc2C(=N[C@H]2Cc3ccc(F)cc32)NO)cc1. The quantitative estimate of drug-likeness (QED) is 0.276. The van der Waals surface area contributed by atoms with E-state index < -0.39 is 0 Å². The molecule has 0 bridgehead atoms. The second-order valence-corrected chi connectivity index (χ2v) is 6.21. The number of anilines is 1. The molecular formula is C18H15BFN5O2. The first-order valence-electron chi connectivity index (χ1n) is 8.31. The molecule has 0 amide bonds. The predicted molar refractivity (Wildman–Crippen MR) is 97.8 cm³/mol. The van der Waals surface area contributed by atoms with Crippen LogP contribution in [0.1, 0.15) is 28.4 Å². The van der Waals surface area contributed by atoms with Crippen LogP contribution in [0.3, 0.4) is 0 Å². The van der Waals surface area contributed by atoms with Crippen LogP contribution in [-0.4, -0.2) is 29.2 Å². The van der Waals surface area contributed by atoms with E-state index in [0.717, 1.165) is 16.7 Å². The molecule has 3 aromatic rings. The van der Waals surface area contributed by atoms with Crippen LogP contribution in [0.5, 0.6) is 0 Å². The Morgan fingerprint density at radius 3 is 2.85 bits per heavy atom. The zero-order chi connectivity index (χ0) is 18.8. The Labute approximate surface area is 155 Å². The summed E-state index contributed by atoms with van der Waals surface area (Å²) in [5.74, 6) is 0.1000. The van der Waals surface area contributed by atoms with E-state index in [2.05, 4.69) is 20.6 Å². The normalized spacial score (nSPS) is 15.8. The first-order chi connectivity index (χ1) is 13.1. The number of amidine groups is 1. The maximum absolute atomic E-state index is 13.4. The molecule has 3 N–H and O–H groups in total. The Kier molecular flexibility index (Phi) is 4.60. The number of benzene rings is 2. The third-order valence-corrected chi connectivity index (χ3v) is 4.42. The summed E-state index contributed by atoms with van der Waals surface area (Å²) in [6.07, 6.45) is 0.653. The Hall–Kier alpha value is -3.20. The third-order valence-electron chi connectivity index (χ3n) is 4.42. The van der Waals surface area contributed by atoms with Crippen LogP contribution >= 0.6 is 0 Å². The maximum atomic E-state index is 13.4. The lowest BCUT2D eigenvalue weighted by molar-refractivity contribution is 0.232. The van der Waals surface area contributed by atoms with E-state index in [1.807, 2.05) is 17.6 Å². The van der Waals surface area contributed by atoms with Gasteiger partial charge >= 0.3 is 0 Å². The summed E-state index contributed by atoms with van der Waals surface area (Å²) in [4.78, 5) is 4.42. The number of aromatic nitrogens is 2. The van der Waals surface area contributed by atoms with E-state index in [1.165, 1.54) is 12.1 Å². The highest BCUT2D eigenvalue weighted by Crippen LogP contribution is 2.36. The van der Waals surface area contributed by atoms with Crippen LogP contribution in [0.15, 0.2) is 52.1 Å². The largest absolute Gasteiger partial charge is 0.361 e. The molecule has 7 nitrogen and oxygen atoms in total. The van der Waals surface area contributed by atoms with E-state index in [4.69, 9.17) is 12.5 Å². The molecule has 1 heterocycles. The molecule has 0 unspecified atom stereocenters. The minimum absolute atomic E-state index is 0.0935. The van der Waals surface area contributed by atoms with Gasteiger partial charge in [0.15, 0.2) is 11.5 Å². The third kappa shape index (κ3) is 3.54. The molecule has 1 atom stereocenters. The van der Waals surface area contributed by atoms with Crippen molar-refractivity contribution >= 4 is 25.0 Å². The van der Waals surface area contributed by atoms with E-state index >= 15 is 0 Å². The molecule has 2 radical (unpaired) electrons. The Morgan fingerprint density at radius 2 is 2.07 bits per heavy atom. The molecular weight excluding hydrogens is 348 g/mol. The number of aliphatic imine (C=N–C) groups is 1. The van der Waals surface area contributed by atoms with Crippen molar-refractivity contribution in [3.63, 3.8) is 0 Å². The average Bonchev–Trinajstić information content (AvgIpc) is 3.12. The van der Waals surface area contributed by atoms with Gasteiger partial charge in [0.25, 0.3) is 0 Å². The number of fused-ring (bicyclic) bond motifs is 1. The zero-order valence-corrected chi connectivity index (χ0v) is 14.2.